The molecule has 0 aromatic carbocycles. The fraction of sp³-hybridized carbons (Fsp3) is 0.571. The van der Waals surface area contributed by atoms with Crippen LogP contribution in [0, 0.1) is 11.9 Å². The van der Waals surface area contributed by atoms with Crippen LogP contribution in [0.4, 0.5) is 10.2 Å². The van der Waals surface area contributed by atoms with Crippen LogP contribution in [0.2, 0.25) is 0 Å². The van der Waals surface area contributed by atoms with Crippen molar-refractivity contribution in [3.63, 3.8) is 0 Å². The van der Waals surface area contributed by atoms with Crippen LogP contribution >= 0.6 is 0 Å². The maximum absolute atomic E-state index is 12.9. The van der Waals surface area contributed by atoms with Crippen molar-refractivity contribution >= 4 is 11.7 Å². The average Bonchev–Trinajstić information content (AvgIpc) is 2.57. The quantitative estimate of drug-likeness (QED) is 0.658. The van der Waals surface area contributed by atoms with E-state index in [0.717, 1.165) is 12.8 Å². The Kier molecular flexibility index (Phi) is 4.67. The van der Waals surface area contributed by atoms with Crippen LogP contribution in [0.1, 0.15) is 44.9 Å². The number of carbonyl (C=O) groups excluding carboxylic acids is 1. The molecule has 1 N–H and O–H groups in total. The number of amides is 1. The van der Waals surface area contributed by atoms with Gasteiger partial charge < -0.3 is 5.32 Å². The zero-order valence-electron chi connectivity index (χ0n) is 10.5. The molecular weight excluding hydrogens is 231 g/mol. The van der Waals surface area contributed by atoms with Crippen molar-refractivity contribution < 1.29 is 9.18 Å². The highest BCUT2D eigenvalue weighted by atomic mass is 19.1. The van der Waals surface area contributed by atoms with Gasteiger partial charge in [-0.3, -0.25) is 4.79 Å². The number of anilines is 1. The van der Waals surface area contributed by atoms with Gasteiger partial charge in [0, 0.05) is 6.42 Å². The molecule has 1 aliphatic carbocycles. The summed E-state index contributed by atoms with van der Waals surface area (Å²) in [5.41, 5.74) is 0. The molecule has 0 unspecified atom stereocenters. The van der Waals surface area contributed by atoms with Crippen molar-refractivity contribution in [2.45, 2.75) is 44.9 Å². The monoisotopic (exact) mass is 250 g/mol. The normalized spacial score (nSPS) is 17.2. The Morgan fingerprint density at radius 1 is 1.28 bits per heavy atom. The van der Waals surface area contributed by atoms with E-state index < -0.39 is 5.95 Å². The lowest BCUT2D eigenvalue weighted by molar-refractivity contribution is -0.117. The third kappa shape index (κ3) is 4.09. The van der Waals surface area contributed by atoms with E-state index in [-0.39, 0.29) is 5.91 Å². The van der Waals surface area contributed by atoms with Gasteiger partial charge in [-0.25, -0.2) is 4.98 Å². The summed E-state index contributed by atoms with van der Waals surface area (Å²) in [5.74, 6) is 0.150. The van der Waals surface area contributed by atoms with Crippen molar-refractivity contribution in [2.24, 2.45) is 5.92 Å². The first-order chi connectivity index (χ1) is 8.74. The van der Waals surface area contributed by atoms with Gasteiger partial charge in [0.25, 0.3) is 0 Å². The number of pyridine rings is 1. The summed E-state index contributed by atoms with van der Waals surface area (Å²) in [7, 11) is 0. The summed E-state index contributed by atoms with van der Waals surface area (Å²) < 4.78 is 12.9. The van der Waals surface area contributed by atoms with Crippen LogP contribution in [-0.2, 0) is 4.79 Å². The van der Waals surface area contributed by atoms with Crippen LogP contribution in [0.25, 0.3) is 0 Å². The maximum atomic E-state index is 12.9. The van der Waals surface area contributed by atoms with Crippen LogP contribution < -0.4 is 5.32 Å². The van der Waals surface area contributed by atoms with Gasteiger partial charge in [-0.05, 0) is 30.9 Å². The van der Waals surface area contributed by atoms with E-state index in [4.69, 9.17) is 0 Å². The number of nitrogens with zero attached hydrogens (tertiary/aromatic N) is 1. The molecule has 1 aromatic rings. The van der Waals surface area contributed by atoms with Gasteiger partial charge in [-0.2, -0.15) is 4.39 Å². The van der Waals surface area contributed by atoms with Crippen LogP contribution in [0.15, 0.2) is 18.2 Å². The van der Waals surface area contributed by atoms with E-state index in [1.807, 2.05) is 0 Å². The van der Waals surface area contributed by atoms with Crippen LogP contribution in [0.3, 0.4) is 0 Å². The summed E-state index contributed by atoms with van der Waals surface area (Å²) >= 11 is 0. The first kappa shape index (κ1) is 13.0. The summed E-state index contributed by atoms with van der Waals surface area (Å²) in [6.07, 6.45) is 7.78. The molecule has 3 nitrogen and oxygen atoms in total. The van der Waals surface area contributed by atoms with Gasteiger partial charge in [0.2, 0.25) is 11.9 Å². The van der Waals surface area contributed by atoms with E-state index in [2.05, 4.69) is 10.3 Å². The van der Waals surface area contributed by atoms with Gasteiger partial charge in [0.15, 0.2) is 0 Å². The van der Waals surface area contributed by atoms with E-state index in [9.17, 15) is 9.18 Å². The fourth-order valence-electron chi connectivity index (χ4n) is 2.50. The molecule has 98 valence electrons. The maximum Gasteiger partial charge on any atom is 0.225 e. The summed E-state index contributed by atoms with van der Waals surface area (Å²) in [6.45, 7) is 0. The third-order valence-electron chi connectivity index (χ3n) is 3.43. The molecule has 1 aliphatic rings. The van der Waals surface area contributed by atoms with Crippen LogP contribution in [-0.4, -0.2) is 10.9 Å². The Morgan fingerprint density at radius 2 is 2.00 bits per heavy atom. The lowest BCUT2D eigenvalue weighted by Gasteiger charge is -2.13. The molecule has 1 saturated carbocycles. The average molecular weight is 250 g/mol. The van der Waals surface area contributed by atoms with E-state index in [1.165, 1.54) is 31.7 Å². The second-order valence-electron chi connectivity index (χ2n) is 4.96. The summed E-state index contributed by atoms with van der Waals surface area (Å²) in [5, 5.41) is 2.66. The highest BCUT2D eigenvalue weighted by Gasteiger charge is 2.16. The Labute approximate surface area is 107 Å². The minimum absolute atomic E-state index is 0.0556. The SMILES string of the molecule is O=C(CC1CCCCCC1)Nc1cccc(F)n1. The zero-order chi connectivity index (χ0) is 12.8. The highest BCUT2D eigenvalue weighted by molar-refractivity contribution is 5.89. The molecule has 0 saturated heterocycles. The molecular formula is C14H19FN2O. The smallest absolute Gasteiger partial charge is 0.225 e. The molecule has 1 amide bonds. The van der Waals surface area contributed by atoms with Gasteiger partial charge >= 0.3 is 0 Å². The second-order valence-corrected chi connectivity index (χ2v) is 4.96. The largest absolute Gasteiger partial charge is 0.311 e. The fourth-order valence-corrected chi connectivity index (χ4v) is 2.50. The number of carbonyl (C=O) groups is 1. The molecule has 1 aromatic heterocycles. The number of hydrogen-bond donors (Lipinski definition) is 1. The minimum atomic E-state index is -0.567. The van der Waals surface area contributed by atoms with Gasteiger partial charge in [0.05, 0.1) is 0 Å². The number of halogens is 1. The van der Waals surface area contributed by atoms with E-state index in [0.29, 0.717) is 18.2 Å². The Balaban J connectivity index is 1.84. The predicted molar refractivity (Wildman–Crippen MR) is 68.6 cm³/mol. The highest BCUT2D eigenvalue weighted by Crippen LogP contribution is 2.25. The van der Waals surface area contributed by atoms with Crippen LogP contribution in [0.5, 0.6) is 0 Å². The van der Waals surface area contributed by atoms with Crippen molar-refractivity contribution in [1.29, 1.82) is 0 Å². The van der Waals surface area contributed by atoms with Crippen molar-refractivity contribution in [1.82, 2.24) is 4.98 Å². The Hall–Kier alpha value is -1.45. The number of hydrogen-bond acceptors (Lipinski definition) is 2. The number of nitrogens with one attached hydrogen (secondary N) is 1. The molecule has 0 spiro atoms. The van der Waals surface area contributed by atoms with E-state index >= 15 is 0 Å². The molecule has 0 radical (unpaired) electrons. The lowest BCUT2D eigenvalue weighted by atomic mass is 9.96. The van der Waals surface area contributed by atoms with Gasteiger partial charge in [0.1, 0.15) is 5.82 Å². The van der Waals surface area contributed by atoms with Crippen molar-refractivity contribution in [2.75, 3.05) is 5.32 Å². The standard InChI is InChI=1S/C14H19FN2O/c15-12-8-5-9-13(16-12)17-14(18)10-11-6-3-1-2-4-7-11/h5,8-9,11H,1-4,6-7,10H2,(H,16,17,18). The first-order valence-corrected chi connectivity index (χ1v) is 6.66. The zero-order valence-corrected chi connectivity index (χ0v) is 10.5. The molecule has 1 fully saturated rings. The van der Waals surface area contributed by atoms with E-state index in [1.54, 1.807) is 12.1 Å². The van der Waals surface area contributed by atoms with Crippen molar-refractivity contribution in [3.8, 4) is 0 Å². The number of rotatable bonds is 3. The van der Waals surface area contributed by atoms with Gasteiger partial charge in [-0.15, -0.1) is 0 Å². The molecule has 2 rings (SSSR count). The molecule has 18 heavy (non-hydrogen) atoms. The summed E-state index contributed by atoms with van der Waals surface area (Å²) in [4.78, 5) is 15.5. The predicted octanol–water partition coefficient (Wildman–Crippen LogP) is 3.52. The Morgan fingerprint density at radius 3 is 2.67 bits per heavy atom. The topological polar surface area (TPSA) is 42.0 Å². The molecule has 1 heterocycles. The lowest BCUT2D eigenvalue weighted by Crippen LogP contribution is -2.17. The van der Waals surface area contributed by atoms with Gasteiger partial charge in [-0.1, -0.05) is 31.7 Å². The molecule has 0 atom stereocenters. The Bertz CT molecular complexity index is 401. The summed E-state index contributed by atoms with van der Waals surface area (Å²) in [6, 6.07) is 4.42. The second kappa shape index (κ2) is 6.47. The minimum Gasteiger partial charge on any atom is -0.311 e. The number of aromatic nitrogens is 1. The third-order valence-corrected chi connectivity index (χ3v) is 3.43. The molecule has 0 aliphatic heterocycles. The van der Waals surface area contributed by atoms with Crippen molar-refractivity contribution in [3.05, 3.63) is 24.1 Å². The molecule has 0 bridgehead atoms. The first-order valence-electron chi connectivity index (χ1n) is 6.66. The molecule has 4 heteroatoms.